The van der Waals surface area contributed by atoms with Gasteiger partial charge in [0.15, 0.2) is 6.10 Å². The number of unbranched alkanes of at least 4 members (excludes halogenated alkanes) is 17. The average molecular weight is 774 g/mol. The van der Waals surface area contributed by atoms with Gasteiger partial charge >= 0.3 is 11.9 Å². The van der Waals surface area contributed by atoms with Gasteiger partial charge in [-0.05, 0) is 70.6 Å². The molecule has 0 amide bonds. The van der Waals surface area contributed by atoms with Crippen molar-refractivity contribution in [2.75, 3.05) is 41.0 Å². The number of ether oxygens (including phenoxy) is 3. The van der Waals surface area contributed by atoms with E-state index in [1.807, 2.05) is 0 Å². The molecule has 0 spiro atoms. The van der Waals surface area contributed by atoms with E-state index in [-0.39, 0.29) is 42.7 Å². The van der Waals surface area contributed by atoms with Gasteiger partial charge in [-0.15, -0.1) is 0 Å². The lowest BCUT2D eigenvalue weighted by atomic mass is 10.1. The van der Waals surface area contributed by atoms with Gasteiger partial charge in [0, 0.05) is 19.3 Å². The molecule has 0 fully saturated rings. The predicted octanol–water partition coefficient (Wildman–Crippen LogP) is 10.7. The summed E-state index contributed by atoms with van der Waals surface area (Å²) in [5, 5.41) is 11.6. The van der Waals surface area contributed by atoms with Crippen molar-refractivity contribution in [2.24, 2.45) is 0 Å². The third-order valence-corrected chi connectivity index (χ3v) is 9.70. The molecule has 0 aromatic rings. The van der Waals surface area contributed by atoms with Crippen LogP contribution in [0.5, 0.6) is 0 Å². The van der Waals surface area contributed by atoms with Crippen LogP contribution >= 0.6 is 0 Å². The van der Waals surface area contributed by atoms with Crippen LogP contribution in [0.4, 0.5) is 0 Å². The maximum atomic E-state index is 12.7. The van der Waals surface area contributed by atoms with E-state index in [4.69, 9.17) is 14.2 Å². The molecule has 0 rings (SSSR count). The second-order valence-corrected chi connectivity index (χ2v) is 15.9. The molecule has 8 nitrogen and oxygen atoms in total. The van der Waals surface area contributed by atoms with Crippen molar-refractivity contribution < 1.29 is 38.2 Å². The zero-order valence-electron chi connectivity index (χ0n) is 36.1. The van der Waals surface area contributed by atoms with E-state index in [9.17, 15) is 19.5 Å². The monoisotopic (exact) mass is 774 g/mol. The first-order valence-corrected chi connectivity index (χ1v) is 22.2. The summed E-state index contributed by atoms with van der Waals surface area (Å²) in [4.78, 5) is 36.8. The number of carboxylic acids is 1. The summed E-state index contributed by atoms with van der Waals surface area (Å²) >= 11 is 0. The highest BCUT2D eigenvalue weighted by atomic mass is 16.6. The Morgan fingerprint density at radius 3 is 1.53 bits per heavy atom. The smallest absolute Gasteiger partial charge is 0.306 e. The summed E-state index contributed by atoms with van der Waals surface area (Å²) in [6.07, 6.45) is 44.1. The molecule has 2 atom stereocenters. The molecule has 8 heteroatoms. The van der Waals surface area contributed by atoms with Crippen molar-refractivity contribution in [2.45, 2.75) is 193 Å². The molecular formula is C47H83NO7. The van der Waals surface area contributed by atoms with E-state index < -0.39 is 18.1 Å². The standard InChI is InChI=1S/C47H83NO7/c1-6-8-10-12-14-16-18-20-22-24-25-27-29-31-33-35-37-45(49)54-42-43(41-53-40-39-44(47(51)52)48(3,4)5)55-46(50)38-36-34-32-30-28-26-23-21-19-17-15-13-11-9-7-2/h8,10,14,16-17,19-20,22,43-44H,6-7,9,11-13,15,18,21,23-42H2,1-5H3/b10-8+,16-14+,19-17+,22-20+. The molecule has 0 aliphatic carbocycles. The van der Waals surface area contributed by atoms with Crippen LogP contribution in [0.3, 0.4) is 0 Å². The number of nitrogens with zero attached hydrogens (tertiary/aromatic N) is 1. The predicted molar refractivity (Wildman–Crippen MR) is 226 cm³/mol. The fraction of sp³-hybridized carbons (Fsp3) is 0.766. The molecule has 0 saturated carbocycles. The zero-order chi connectivity index (χ0) is 40.7. The number of aliphatic carboxylic acids is 1. The number of rotatable bonds is 39. The lowest BCUT2D eigenvalue weighted by Crippen LogP contribution is -2.55. The Kier molecular flexibility index (Phi) is 36.3. The minimum Gasteiger partial charge on any atom is -0.544 e. The van der Waals surface area contributed by atoms with Crippen LogP contribution in [-0.2, 0) is 28.6 Å². The summed E-state index contributed by atoms with van der Waals surface area (Å²) in [5.41, 5.74) is 0. The molecule has 2 unspecified atom stereocenters. The Morgan fingerprint density at radius 1 is 0.564 bits per heavy atom. The number of carboxylic acid groups (broad SMARTS) is 1. The number of hydrogen-bond acceptors (Lipinski definition) is 7. The third kappa shape index (κ3) is 36.7. The summed E-state index contributed by atoms with van der Waals surface area (Å²) in [7, 11) is 5.40. The highest BCUT2D eigenvalue weighted by Gasteiger charge is 2.25. The topological polar surface area (TPSA) is 102 Å². The first-order valence-electron chi connectivity index (χ1n) is 22.2. The highest BCUT2D eigenvalue weighted by Crippen LogP contribution is 2.14. The van der Waals surface area contributed by atoms with Crippen molar-refractivity contribution >= 4 is 17.9 Å². The summed E-state index contributed by atoms with van der Waals surface area (Å²) < 4.78 is 17.2. The summed E-state index contributed by atoms with van der Waals surface area (Å²) in [6, 6.07) is -0.729. The largest absolute Gasteiger partial charge is 0.544 e. The van der Waals surface area contributed by atoms with Gasteiger partial charge in [0.2, 0.25) is 0 Å². The van der Waals surface area contributed by atoms with Crippen LogP contribution in [0.1, 0.15) is 181 Å². The molecule has 0 aliphatic heterocycles. The van der Waals surface area contributed by atoms with Gasteiger partial charge in [0.05, 0.1) is 40.3 Å². The minimum absolute atomic E-state index is 0.0342. The van der Waals surface area contributed by atoms with Gasteiger partial charge in [-0.25, -0.2) is 0 Å². The highest BCUT2D eigenvalue weighted by molar-refractivity contribution is 5.70. The van der Waals surface area contributed by atoms with E-state index in [0.717, 1.165) is 70.6 Å². The number of quaternary nitrogens is 1. The number of carbonyl (C=O) groups is 3. The number of likely N-dealkylation sites (N-methyl/N-ethyl adjacent to an activating group) is 1. The fourth-order valence-corrected chi connectivity index (χ4v) is 6.26. The summed E-state index contributed by atoms with van der Waals surface area (Å²) in [6.45, 7) is 4.52. The molecule has 0 aromatic carbocycles. The number of allylic oxidation sites excluding steroid dienone is 8. The summed E-state index contributed by atoms with van der Waals surface area (Å²) in [5.74, 6) is -1.76. The van der Waals surface area contributed by atoms with Gasteiger partial charge in [-0.1, -0.05) is 140 Å². The average Bonchev–Trinajstić information content (AvgIpc) is 3.14. The van der Waals surface area contributed by atoms with Crippen LogP contribution in [0.15, 0.2) is 48.6 Å². The van der Waals surface area contributed by atoms with Crippen molar-refractivity contribution in [3.63, 3.8) is 0 Å². The van der Waals surface area contributed by atoms with Crippen molar-refractivity contribution in [1.29, 1.82) is 0 Å². The molecule has 318 valence electrons. The Hall–Kier alpha value is -2.71. The van der Waals surface area contributed by atoms with E-state index in [1.54, 1.807) is 21.1 Å². The molecule has 55 heavy (non-hydrogen) atoms. The van der Waals surface area contributed by atoms with Gasteiger partial charge in [-0.3, -0.25) is 9.59 Å². The Balaban J connectivity index is 4.37. The second-order valence-electron chi connectivity index (χ2n) is 15.9. The van der Waals surface area contributed by atoms with E-state index >= 15 is 0 Å². The molecule has 0 bridgehead atoms. The van der Waals surface area contributed by atoms with Crippen LogP contribution in [0.25, 0.3) is 0 Å². The van der Waals surface area contributed by atoms with Crippen LogP contribution < -0.4 is 5.11 Å². The minimum atomic E-state index is -1.13. The van der Waals surface area contributed by atoms with Crippen molar-refractivity contribution in [3.8, 4) is 0 Å². The maximum Gasteiger partial charge on any atom is 0.306 e. The number of esters is 2. The molecule has 0 N–H and O–H groups in total. The molecular weight excluding hydrogens is 691 g/mol. The Bertz CT molecular complexity index is 1040. The molecule has 0 heterocycles. The molecule has 0 aliphatic rings. The van der Waals surface area contributed by atoms with Crippen LogP contribution in [0.2, 0.25) is 0 Å². The van der Waals surface area contributed by atoms with Crippen LogP contribution in [0, 0.1) is 0 Å². The Morgan fingerprint density at radius 2 is 1.02 bits per heavy atom. The lowest BCUT2D eigenvalue weighted by Gasteiger charge is -2.34. The SMILES string of the molecule is CC/C=C/C/C=C/C/C=C/CCCCCCCCC(=O)OCC(COCCC(C(=O)[O-])[N+](C)(C)C)OC(=O)CCCCCCCCC/C=C/CCCCCC. The van der Waals surface area contributed by atoms with E-state index in [2.05, 4.69) is 62.5 Å². The molecule has 0 aromatic heterocycles. The number of carbonyl (C=O) groups excluding carboxylic acids is 3. The zero-order valence-corrected chi connectivity index (χ0v) is 36.1. The molecule has 0 radical (unpaired) electrons. The number of hydrogen-bond donors (Lipinski definition) is 0. The van der Waals surface area contributed by atoms with Crippen molar-refractivity contribution in [3.05, 3.63) is 48.6 Å². The Labute approximate surface area is 337 Å². The first kappa shape index (κ1) is 52.3. The quantitative estimate of drug-likeness (QED) is 0.0265. The maximum absolute atomic E-state index is 12.7. The third-order valence-electron chi connectivity index (χ3n) is 9.70. The van der Waals surface area contributed by atoms with Gasteiger partial charge < -0.3 is 28.6 Å². The van der Waals surface area contributed by atoms with E-state index in [0.29, 0.717) is 12.8 Å². The fourth-order valence-electron chi connectivity index (χ4n) is 6.26. The second kappa shape index (κ2) is 38.2. The van der Waals surface area contributed by atoms with Crippen molar-refractivity contribution in [1.82, 2.24) is 0 Å². The lowest BCUT2D eigenvalue weighted by molar-refractivity contribution is -0.889. The normalized spacial score (nSPS) is 13.4. The molecule has 0 saturated heterocycles. The van der Waals surface area contributed by atoms with Gasteiger partial charge in [-0.2, -0.15) is 0 Å². The van der Waals surface area contributed by atoms with Gasteiger partial charge in [0.1, 0.15) is 12.6 Å². The van der Waals surface area contributed by atoms with E-state index in [1.165, 1.54) is 77.0 Å². The first-order chi connectivity index (χ1) is 26.6. The van der Waals surface area contributed by atoms with Gasteiger partial charge in [0.25, 0.3) is 0 Å². The van der Waals surface area contributed by atoms with Crippen LogP contribution in [-0.4, -0.2) is 75.5 Å².